The lowest BCUT2D eigenvalue weighted by atomic mass is 10.1. The van der Waals surface area contributed by atoms with Gasteiger partial charge in [0.2, 0.25) is 5.82 Å². The zero-order chi connectivity index (χ0) is 30.9. The van der Waals surface area contributed by atoms with Gasteiger partial charge in [-0.2, -0.15) is 17.6 Å². The Morgan fingerprint density at radius 2 is 1.91 bits per heavy atom. The molecule has 0 unspecified atom stereocenters. The normalized spacial score (nSPS) is 19.7. The molecule has 5 rings (SSSR count). The van der Waals surface area contributed by atoms with Crippen molar-refractivity contribution in [3.63, 3.8) is 0 Å². The lowest BCUT2D eigenvalue weighted by molar-refractivity contribution is -0.138. The molecule has 2 saturated heterocycles. The summed E-state index contributed by atoms with van der Waals surface area (Å²) in [6.45, 7) is 7.25. The molecule has 44 heavy (non-hydrogen) atoms. The number of alkyl halides is 3. The summed E-state index contributed by atoms with van der Waals surface area (Å²) in [6, 6.07) is 3.65. The average molecular weight is 658 g/mol. The third-order valence-electron chi connectivity index (χ3n) is 7.91. The molecule has 0 spiro atoms. The highest BCUT2D eigenvalue weighted by atomic mass is 35.5. The second kappa shape index (κ2) is 13.9. The number of thiazole rings is 1. The highest BCUT2D eigenvalue weighted by Crippen LogP contribution is 2.39. The fraction of sp³-hybridized carbons (Fsp3) is 0.517. The Labute approximate surface area is 262 Å². The fourth-order valence-corrected chi connectivity index (χ4v) is 6.81. The summed E-state index contributed by atoms with van der Waals surface area (Å²) < 4.78 is 56.6. The minimum absolute atomic E-state index is 0. The Bertz CT molecular complexity index is 1470. The van der Waals surface area contributed by atoms with Crippen LogP contribution in [0.1, 0.15) is 51.0 Å². The Hall–Kier alpha value is -3.07. The van der Waals surface area contributed by atoms with E-state index in [1.807, 2.05) is 11.8 Å². The maximum atomic E-state index is 15.8. The summed E-state index contributed by atoms with van der Waals surface area (Å²) >= 11 is 7.33. The van der Waals surface area contributed by atoms with Crippen LogP contribution in [0.2, 0.25) is 5.02 Å². The number of benzene rings is 1. The Morgan fingerprint density at radius 3 is 2.57 bits per heavy atom. The molecule has 0 bridgehead atoms. The Kier molecular flexibility index (Phi) is 10.7. The topological polar surface area (TPSA) is 97.7 Å². The zero-order valence-corrected chi connectivity index (χ0v) is 25.2. The van der Waals surface area contributed by atoms with E-state index in [0.29, 0.717) is 44.5 Å². The third-order valence-corrected chi connectivity index (χ3v) is 9.08. The van der Waals surface area contributed by atoms with E-state index < -0.39 is 23.5 Å². The number of hydrogen-bond acceptors (Lipinski definition) is 9. The van der Waals surface area contributed by atoms with E-state index in [2.05, 4.69) is 32.1 Å². The van der Waals surface area contributed by atoms with Gasteiger partial charge in [-0.3, -0.25) is 14.6 Å². The molecule has 2 aliphatic heterocycles. The van der Waals surface area contributed by atoms with Crippen LogP contribution in [0, 0.1) is 5.82 Å². The molecule has 0 saturated carbocycles. The maximum absolute atomic E-state index is 15.8. The number of nitrogens with one attached hydrogen (secondary N) is 1. The van der Waals surface area contributed by atoms with Crippen molar-refractivity contribution in [3.8, 4) is 11.3 Å². The summed E-state index contributed by atoms with van der Waals surface area (Å²) in [6.07, 6.45) is -1.26. The van der Waals surface area contributed by atoms with Crippen LogP contribution in [0.4, 0.5) is 34.3 Å². The van der Waals surface area contributed by atoms with Crippen molar-refractivity contribution in [1.29, 1.82) is 0 Å². The number of halogens is 5. The quantitative estimate of drug-likeness (QED) is 0.242. The number of nitrogens with zero attached hydrogens (tertiary/aromatic N) is 6. The molecule has 15 heteroatoms. The standard InChI is InChI=1S/C28H32ClF4N7O2S.CH4/c1-16-4-3-6-39(16)14-21-24(18-10-19(28(31,32)33)12-20(29)11-18)36-27(43-21)37-25-23(30)26(35-15-34-25)40-9-8-38(17(2)13-40)7-5-22(41)42;/h10-12,15-17H,3-9,13-14H2,1-2H3,(H,41,42)(H,34,35,36,37);1H4/t16-,17+;/m1./s1. The number of piperazine rings is 1. The minimum atomic E-state index is -4.58. The molecule has 2 N–H and O–H groups in total. The van der Waals surface area contributed by atoms with Crippen molar-refractivity contribution in [2.75, 3.05) is 42.9 Å². The first-order valence-corrected chi connectivity index (χ1v) is 15.2. The predicted molar refractivity (Wildman–Crippen MR) is 164 cm³/mol. The molecule has 0 amide bonds. The van der Waals surface area contributed by atoms with E-state index in [9.17, 15) is 18.0 Å². The van der Waals surface area contributed by atoms with Crippen molar-refractivity contribution in [1.82, 2.24) is 24.8 Å². The number of aromatic nitrogens is 3. The van der Waals surface area contributed by atoms with Gasteiger partial charge >= 0.3 is 12.1 Å². The SMILES string of the molecule is C.C[C@@H]1CCCN1Cc1sc(Nc2ncnc(N3CCN(CCC(=O)O)[C@@H](C)C3)c2F)nc1-c1cc(Cl)cc(C(F)(F)F)c1. The van der Waals surface area contributed by atoms with Crippen molar-refractivity contribution in [2.45, 2.75) is 65.3 Å². The summed E-state index contributed by atoms with van der Waals surface area (Å²) in [7, 11) is 0. The minimum Gasteiger partial charge on any atom is -0.481 e. The molecule has 2 aliphatic rings. The molecule has 240 valence electrons. The largest absolute Gasteiger partial charge is 0.481 e. The average Bonchev–Trinajstić information content (AvgIpc) is 3.53. The van der Waals surface area contributed by atoms with E-state index in [-0.39, 0.29) is 47.2 Å². The van der Waals surface area contributed by atoms with Gasteiger partial charge in [0.1, 0.15) is 6.33 Å². The molecular weight excluding hydrogens is 622 g/mol. The molecule has 0 aliphatic carbocycles. The molecule has 4 heterocycles. The van der Waals surface area contributed by atoms with Crippen LogP contribution in [0.25, 0.3) is 11.3 Å². The van der Waals surface area contributed by atoms with Crippen molar-refractivity contribution in [3.05, 3.63) is 45.8 Å². The second-order valence-corrected chi connectivity index (χ2v) is 12.5. The number of hydrogen-bond donors (Lipinski definition) is 2. The number of aliphatic carboxylic acids is 1. The van der Waals surface area contributed by atoms with Gasteiger partial charge < -0.3 is 15.3 Å². The summed E-state index contributed by atoms with van der Waals surface area (Å²) in [4.78, 5) is 30.6. The molecule has 9 nitrogen and oxygen atoms in total. The molecule has 0 radical (unpaired) electrons. The second-order valence-electron chi connectivity index (χ2n) is 10.9. The van der Waals surface area contributed by atoms with Crippen LogP contribution < -0.4 is 10.2 Å². The third kappa shape index (κ3) is 7.76. The maximum Gasteiger partial charge on any atom is 0.416 e. The number of carboxylic acid groups (broad SMARTS) is 1. The number of rotatable bonds is 9. The smallest absolute Gasteiger partial charge is 0.416 e. The number of carboxylic acids is 1. The van der Waals surface area contributed by atoms with Crippen LogP contribution in [0.5, 0.6) is 0 Å². The summed E-state index contributed by atoms with van der Waals surface area (Å²) in [5, 5.41) is 12.2. The van der Waals surface area contributed by atoms with E-state index in [1.54, 1.807) is 4.90 Å². The lowest BCUT2D eigenvalue weighted by Gasteiger charge is -2.40. The highest BCUT2D eigenvalue weighted by molar-refractivity contribution is 7.16. The first-order valence-electron chi connectivity index (χ1n) is 14.0. The molecule has 3 aromatic rings. The summed E-state index contributed by atoms with van der Waals surface area (Å²) in [5.74, 6) is -1.54. The fourth-order valence-electron chi connectivity index (χ4n) is 5.57. The highest BCUT2D eigenvalue weighted by Gasteiger charge is 2.33. The number of anilines is 3. The number of likely N-dealkylation sites (tertiary alicyclic amines) is 1. The van der Waals surface area contributed by atoms with Gasteiger partial charge in [0.25, 0.3) is 0 Å². The van der Waals surface area contributed by atoms with Gasteiger partial charge in [-0.25, -0.2) is 15.0 Å². The van der Waals surface area contributed by atoms with Crippen LogP contribution in [-0.2, 0) is 17.5 Å². The Morgan fingerprint density at radius 1 is 1.14 bits per heavy atom. The van der Waals surface area contributed by atoms with Crippen molar-refractivity contribution < 1.29 is 27.5 Å². The number of carbonyl (C=O) groups is 1. The van der Waals surface area contributed by atoms with Gasteiger partial charge in [0.15, 0.2) is 16.8 Å². The predicted octanol–water partition coefficient (Wildman–Crippen LogP) is 6.76. The van der Waals surface area contributed by atoms with E-state index >= 15 is 4.39 Å². The van der Waals surface area contributed by atoms with Gasteiger partial charge in [-0.1, -0.05) is 30.4 Å². The monoisotopic (exact) mass is 657 g/mol. The van der Waals surface area contributed by atoms with Gasteiger partial charge in [-0.15, -0.1) is 0 Å². The van der Waals surface area contributed by atoms with Crippen LogP contribution in [0.15, 0.2) is 24.5 Å². The van der Waals surface area contributed by atoms with E-state index in [4.69, 9.17) is 16.7 Å². The van der Waals surface area contributed by atoms with Crippen LogP contribution in [0.3, 0.4) is 0 Å². The van der Waals surface area contributed by atoms with Gasteiger partial charge in [0, 0.05) is 60.3 Å². The lowest BCUT2D eigenvalue weighted by Crippen LogP contribution is -2.52. The summed E-state index contributed by atoms with van der Waals surface area (Å²) in [5.41, 5.74) is -0.299. The zero-order valence-electron chi connectivity index (χ0n) is 23.7. The molecule has 2 fully saturated rings. The Balaban J connectivity index is 0.00000442. The first-order chi connectivity index (χ1) is 20.4. The van der Waals surface area contributed by atoms with E-state index in [0.717, 1.165) is 36.4 Å². The van der Waals surface area contributed by atoms with Crippen molar-refractivity contribution in [2.24, 2.45) is 0 Å². The van der Waals surface area contributed by atoms with Crippen LogP contribution in [-0.4, -0.2) is 80.6 Å². The molecule has 2 aromatic heterocycles. The van der Waals surface area contributed by atoms with Gasteiger partial charge in [-0.05, 0) is 51.4 Å². The van der Waals surface area contributed by atoms with Crippen molar-refractivity contribution >= 4 is 45.7 Å². The molecular formula is C29H36ClF4N7O2S. The molecule has 2 atom stereocenters. The first kappa shape index (κ1) is 33.8. The van der Waals surface area contributed by atoms with Gasteiger partial charge in [0.05, 0.1) is 17.7 Å². The molecule has 1 aromatic carbocycles. The van der Waals surface area contributed by atoms with E-state index in [1.165, 1.54) is 23.7 Å². The van der Waals surface area contributed by atoms with Crippen LogP contribution >= 0.6 is 22.9 Å².